The molecule has 9 nitrogen and oxygen atoms in total. The van der Waals surface area contributed by atoms with Crippen molar-refractivity contribution >= 4 is 23.4 Å². The zero-order valence-electron chi connectivity index (χ0n) is 9.88. The van der Waals surface area contributed by atoms with E-state index in [2.05, 4.69) is 25.6 Å². The van der Waals surface area contributed by atoms with E-state index in [1.807, 2.05) is 0 Å². The first kappa shape index (κ1) is 12.5. The summed E-state index contributed by atoms with van der Waals surface area (Å²) in [5.41, 5.74) is -0.198. The van der Waals surface area contributed by atoms with E-state index >= 15 is 0 Å². The number of carbonyl (C=O) groups is 1. The van der Waals surface area contributed by atoms with Gasteiger partial charge in [-0.3, -0.25) is 20.2 Å². The third-order valence-corrected chi connectivity index (χ3v) is 2.30. The number of rotatable bonds is 4. The van der Waals surface area contributed by atoms with Gasteiger partial charge in [-0.1, -0.05) is 0 Å². The van der Waals surface area contributed by atoms with Crippen molar-refractivity contribution < 1.29 is 9.72 Å². The maximum atomic E-state index is 12.0. The topological polar surface area (TPSA) is 126 Å². The van der Waals surface area contributed by atoms with Crippen molar-refractivity contribution in [3.63, 3.8) is 0 Å². The van der Waals surface area contributed by atoms with Crippen molar-refractivity contribution in [2.45, 2.75) is 0 Å². The average molecular weight is 262 g/mol. The van der Waals surface area contributed by atoms with Gasteiger partial charge in [0.05, 0.1) is 10.5 Å². The molecule has 2 aromatic heterocycles. The van der Waals surface area contributed by atoms with Crippen LogP contribution in [0.1, 0.15) is 10.4 Å². The molecule has 3 N–H and O–H groups in total. The smallest absolute Gasteiger partial charge is 0.288 e. The summed E-state index contributed by atoms with van der Waals surface area (Å²) in [5.74, 6) is -0.0521. The molecule has 2 rings (SSSR count). The van der Waals surface area contributed by atoms with Gasteiger partial charge in [-0.15, -0.1) is 0 Å². The predicted octanol–water partition coefficient (Wildman–Crippen LogP) is 1.01. The second-order valence-electron chi connectivity index (χ2n) is 3.49. The highest BCUT2D eigenvalue weighted by Gasteiger charge is 2.18. The van der Waals surface area contributed by atoms with Crippen LogP contribution in [0, 0.1) is 10.1 Å². The lowest BCUT2D eigenvalue weighted by Gasteiger charge is -2.07. The van der Waals surface area contributed by atoms with E-state index in [0.717, 1.165) is 12.3 Å². The molecule has 2 heterocycles. The standard InChI is InChI=1S/C10H10N6O3/c1-11-8-7(4-6(5-14-8)16(18)19)9(17)15-10-12-2-3-13-10/h2-5H,1H3,(H,11,14)(H2,12,13,15,17). The number of hydrogen-bond donors (Lipinski definition) is 3. The lowest BCUT2D eigenvalue weighted by molar-refractivity contribution is -0.385. The second-order valence-corrected chi connectivity index (χ2v) is 3.49. The minimum atomic E-state index is -0.615. The third-order valence-electron chi connectivity index (χ3n) is 2.30. The van der Waals surface area contributed by atoms with Crippen LogP contribution in [0.4, 0.5) is 17.5 Å². The molecule has 0 aromatic carbocycles. The van der Waals surface area contributed by atoms with Gasteiger partial charge in [0.25, 0.3) is 11.6 Å². The molecule has 0 saturated carbocycles. The van der Waals surface area contributed by atoms with Crippen molar-refractivity contribution in [2.24, 2.45) is 0 Å². The molecule has 98 valence electrons. The maximum absolute atomic E-state index is 12.0. The summed E-state index contributed by atoms with van der Waals surface area (Å²) in [6.45, 7) is 0. The Morgan fingerprint density at radius 1 is 1.47 bits per heavy atom. The molecule has 0 aliphatic heterocycles. The fourth-order valence-electron chi connectivity index (χ4n) is 1.43. The van der Waals surface area contributed by atoms with Crippen molar-refractivity contribution in [1.29, 1.82) is 0 Å². The van der Waals surface area contributed by atoms with E-state index in [1.54, 1.807) is 13.2 Å². The zero-order valence-corrected chi connectivity index (χ0v) is 9.88. The van der Waals surface area contributed by atoms with Crippen LogP contribution in [0.2, 0.25) is 0 Å². The van der Waals surface area contributed by atoms with Crippen molar-refractivity contribution in [3.05, 3.63) is 40.3 Å². The fourth-order valence-corrected chi connectivity index (χ4v) is 1.43. The fraction of sp³-hybridized carbons (Fsp3) is 0.100. The van der Waals surface area contributed by atoms with Gasteiger partial charge in [-0.25, -0.2) is 9.97 Å². The quantitative estimate of drug-likeness (QED) is 0.557. The molecular weight excluding hydrogens is 252 g/mol. The van der Waals surface area contributed by atoms with E-state index < -0.39 is 10.8 Å². The van der Waals surface area contributed by atoms with Crippen LogP contribution in [0.5, 0.6) is 0 Å². The first-order valence-electron chi connectivity index (χ1n) is 5.24. The summed E-state index contributed by atoms with van der Waals surface area (Å²) in [4.78, 5) is 32.4. The molecule has 0 unspecified atom stereocenters. The highest BCUT2D eigenvalue weighted by Crippen LogP contribution is 2.19. The maximum Gasteiger partial charge on any atom is 0.288 e. The van der Waals surface area contributed by atoms with Gasteiger partial charge < -0.3 is 10.3 Å². The lowest BCUT2D eigenvalue weighted by atomic mass is 10.2. The van der Waals surface area contributed by atoms with E-state index in [0.29, 0.717) is 0 Å². The van der Waals surface area contributed by atoms with Gasteiger partial charge in [-0.2, -0.15) is 0 Å². The molecule has 0 spiro atoms. The number of nitro groups is 1. The molecule has 0 fully saturated rings. The van der Waals surface area contributed by atoms with Crippen molar-refractivity contribution in [2.75, 3.05) is 17.7 Å². The summed E-state index contributed by atoms with van der Waals surface area (Å²) in [7, 11) is 1.57. The number of aromatic nitrogens is 3. The lowest BCUT2D eigenvalue weighted by Crippen LogP contribution is -2.16. The number of nitrogens with one attached hydrogen (secondary N) is 3. The number of H-pyrrole nitrogens is 1. The Kier molecular flexibility index (Phi) is 3.37. The van der Waals surface area contributed by atoms with Crippen LogP contribution in [-0.2, 0) is 0 Å². The molecule has 0 radical (unpaired) electrons. The molecule has 0 aliphatic rings. The third kappa shape index (κ3) is 2.65. The average Bonchev–Trinajstić information content (AvgIpc) is 2.90. The van der Waals surface area contributed by atoms with E-state index in [1.165, 1.54) is 6.20 Å². The van der Waals surface area contributed by atoms with Crippen molar-refractivity contribution in [1.82, 2.24) is 15.0 Å². The minimum absolute atomic E-state index is 0.0631. The van der Waals surface area contributed by atoms with Gasteiger partial charge in [0, 0.05) is 25.5 Å². The zero-order chi connectivity index (χ0) is 13.8. The number of aromatic amines is 1. The van der Waals surface area contributed by atoms with Crippen molar-refractivity contribution in [3.8, 4) is 0 Å². The molecule has 0 bridgehead atoms. The number of pyridine rings is 1. The number of nitrogens with zero attached hydrogens (tertiary/aromatic N) is 3. The molecule has 0 saturated heterocycles. The van der Waals surface area contributed by atoms with Crippen LogP contribution in [0.25, 0.3) is 0 Å². The number of hydrogen-bond acceptors (Lipinski definition) is 6. The number of amides is 1. The second kappa shape index (κ2) is 5.12. The van der Waals surface area contributed by atoms with Gasteiger partial charge in [0.2, 0.25) is 5.95 Å². The van der Waals surface area contributed by atoms with E-state index in [-0.39, 0.29) is 23.0 Å². The number of imidazole rings is 1. The molecule has 0 aliphatic carbocycles. The Balaban J connectivity index is 2.33. The van der Waals surface area contributed by atoms with Crippen LogP contribution >= 0.6 is 0 Å². The summed E-state index contributed by atoms with van der Waals surface area (Å²) in [5, 5.41) is 15.9. The first-order valence-corrected chi connectivity index (χ1v) is 5.24. The van der Waals surface area contributed by atoms with Gasteiger partial charge in [-0.05, 0) is 0 Å². The largest absolute Gasteiger partial charge is 0.372 e. The molecule has 0 atom stereocenters. The highest BCUT2D eigenvalue weighted by atomic mass is 16.6. The number of carbonyl (C=O) groups excluding carboxylic acids is 1. The molecular formula is C10H10N6O3. The Labute approximate surface area is 107 Å². The van der Waals surface area contributed by atoms with Gasteiger partial charge >= 0.3 is 0 Å². The molecule has 1 amide bonds. The van der Waals surface area contributed by atoms with Crippen LogP contribution in [-0.4, -0.2) is 32.8 Å². The van der Waals surface area contributed by atoms with E-state index in [9.17, 15) is 14.9 Å². The van der Waals surface area contributed by atoms with Crippen LogP contribution in [0.3, 0.4) is 0 Å². The highest BCUT2D eigenvalue weighted by molar-refractivity contribution is 6.07. The predicted molar refractivity (Wildman–Crippen MR) is 67.0 cm³/mol. The Hall–Kier alpha value is -2.97. The normalized spacial score (nSPS) is 9.95. The van der Waals surface area contributed by atoms with Gasteiger partial charge in [0.15, 0.2) is 0 Å². The summed E-state index contributed by atoms with van der Waals surface area (Å²) < 4.78 is 0. The SMILES string of the molecule is CNc1ncc([N+](=O)[O-])cc1C(=O)Nc1ncc[nH]1. The van der Waals surface area contributed by atoms with Crippen LogP contribution < -0.4 is 10.6 Å². The Morgan fingerprint density at radius 2 is 2.26 bits per heavy atom. The summed E-state index contributed by atoms with van der Waals surface area (Å²) in [6, 6.07) is 1.15. The summed E-state index contributed by atoms with van der Waals surface area (Å²) in [6.07, 6.45) is 4.09. The Morgan fingerprint density at radius 3 is 2.84 bits per heavy atom. The molecule has 9 heteroatoms. The molecule has 2 aromatic rings. The Bertz CT molecular complexity index is 610. The number of anilines is 2. The van der Waals surface area contributed by atoms with Crippen LogP contribution in [0.15, 0.2) is 24.7 Å². The molecule has 19 heavy (non-hydrogen) atoms. The monoisotopic (exact) mass is 262 g/mol. The first-order chi connectivity index (χ1) is 9.11. The summed E-state index contributed by atoms with van der Waals surface area (Å²) >= 11 is 0. The van der Waals surface area contributed by atoms with E-state index in [4.69, 9.17) is 0 Å². The minimum Gasteiger partial charge on any atom is -0.372 e. The van der Waals surface area contributed by atoms with Gasteiger partial charge in [0.1, 0.15) is 12.0 Å².